The molecule has 0 spiro atoms. The average Bonchev–Trinajstić information content (AvgIpc) is 2.60. The molecule has 0 aliphatic heterocycles. The van der Waals surface area contributed by atoms with Gasteiger partial charge in [-0.15, -0.1) is 0 Å². The Kier molecular flexibility index (Phi) is 4.21. The van der Waals surface area contributed by atoms with Gasteiger partial charge in [0, 0.05) is 6.54 Å². The minimum absolute atomic E-state index is 0.143. The molecule has 1 N–H and O–H groups in total. The summed E-state index contributed by atoms with van der Waals surface area (Å²) in [6, 6.07) is 1.57. The van der Waals surface area contributed by atoms with E-state index in [4.69, 9.17) is 16.0 Å². The number of furan rings is 1. The van der Waals surface area contributed by atoms with Crippen LogP contribution in [-0.2, 0) is 0 Å². The zero-order valence-corrected chi connectivity index (χ0v) is 9.97. The quantitative estimate of drug-likeness (QED) is 0.863. The molecule has 0 aliphatic carbocycles. The standard InChI is InChI=1S/C11H16ClNO2/c1-7(2)8(3)6-13-11(14)9-4-5-15-10(9)12/h4-5,7-8H,6H2,1-3H3,(H,13,14). The second kappa shape index (κ2) is 5.21. The SMILES string of the molecule is CC(C)C(C)CNC(=O)c1ccoc1Cl. The van der Waals surface area contributed by atoms with Gasteiger partial charge in [0.2, 0.25) is 5.22 Å². The molecule has 1 aromatic rings. The lowest BCUT2D eigenvalue weighted by Gasteiger charge is -2.15. The molecule has 0 aliphatic rings. The number of halogens is 1. The molecule has 1 aromatic heterocycles. The van der Waals surface area contributed by atoms with Gasteiger partial charge >= 0.3 is 0 Å². The van der Waals surface area contributed by atoms with Crippen LogP contribution in [0, 0.1) is 11.8 Å². The van der Waals surface area contributed by atoms with Gasteiger partial charge in [0.1, 0.15) is 0 Å². The van der Waals surface area contributed by atoms with Crippen LogP contribution in [0.4, 0.5) is 0 Å². The lowest BCUT2D eigenvalue weighted by Crippen LogP contribution is -2.30. The summed E-state index contributed by atoms with van der Waals surface area (Å²) in [5.74, 6) is 0.811. The van der Waals surface area contributed by atoms with Gasteiger partial charge in [-0.2, -0.15) is 0 Å². The summed E-state index contributed by atoms with van der Waals surface area (Å²) in [7, 11) is 0. The first-order chi connectivity index (χ1) is 7.02. The van der Waals surface area contributed by atoms with Crippen molar-refractivity contribution in [2.75, 3.05) is 6.54 Å². The maximum absolute atomic E-state index is 11.6. The second-order valence-corrected chi connectivity index (χ2v) is 4.38. The van der Waals surface area contributed by atoms with E-state index in [0.29, 0.717) is 23.9 Å². The molecule has 0 radical (unpaired) electrons. The summed E-state index contributed by atoms with van der Waals surface area (Å²) in [5.41, 5.74) is 0.396. The van der Waals surface area contributed by atoms with Crippen LogP contribution in [0.3, 0.4) is 0 Å². The summed E-state index contributed by atoms with van der Waals surface area (Å²) in [6.07, 6.45) is 1.41. The predicted octanol–water partition coefficient (Wildman–Crippen LogP) is 2.95. The minimum atomic E-state index is -0.179. The van der Waals surface area contributed by atoms with Gasteiger partial charge in [-0.05, 0) is 29.5 Å². The largest absolute Gasteiger partial charge is 0.452 e. The van der Waals surface area contributed by atoms with E-state index in [1.54, 1.807) is 6.07 Å². The summed E-state index contributed by atoms with van der Waals surface area (Å²) in [4.78, 5) is 11.6. The zero-order chi connectivity index (χ0) is 11.4. The van der Waals surface area contributed by atoms with E-state index in [9.17, 15) is 4.79 Å². The van der Waals surface area contributed by atoms with Crippen LogP contribution >= 0.6 is 11.6 Å². The number of hydrogen-bond acceptors (Lipinski definition) is 2. The molecule has 0 saturated carbocycles. The van der Waals surface area contributed by atoms with Crippen molar-refractivity contribution in [3.8, 4) is 0 Å². The van der Waals surface area contributed by atoms with Crippen molar-refractivity contribution >= 4 is 17.5 Å². The molecular weight excluding hydrogens is 214 g/mol. The molecule has 1 heterocycles. The molecule has 1 amide bonds. The minimum Gasteiger partial charge on any atom is -0.452 e. The van der Waals surface area contributed by atoms with Crippen molar-refractivity contribution in [3.63, 3.8) is 0 Å². The van der Waals surface area contributed by atoms with E-state index in [1.165, 1.54) is 6.26 Å². The van der Waals surface area contributed by atoms with E-state index >= 15 is 0 Å². The van der Waals surface area contributed by atoms with Crippen molar-refractivity contribution in [1.82, 2.24) is 5.32 Å². The van der Waals surface area contributed by atoms with Crippen molar-refractivity contribution in [2.45, 2.75) is 20.8 Å². The number of hydrogen-bond donors (Lipinski definition) is 1. The Morgan fingerprint density at radius 2 is 2.20 bits per heavy atom. The van der Waals surface area contributed by atoms with Crippen LogP contribution < -0.4 is 5.32 Å². The molecule has 0 bridgehead atoms. The molecule has 1 rings (SSSR count). The lowest BCUT2D eigenvalue weighted by molar-refractivity contribution is 0.0944. The molecular formula is C11H16ClNO2. The van der Waals surface area contributed by atoms with Gasteiger partial charge in [0.15, 0.2) is 0 Å². The molecule has 0 fully saturated rings. The zero-order valence-electron chi connectivity index (χ0n) is 9.21. The van der Waals surface area contributed by atoms with Crippen LogP contribution in [0.2, 0.25) is 5.22 Å². The maximum Gasteiger partial charge on any atom is 0.256 e. The van der Waals surface area contributed by atoms with Crippen LogP contribution in [0.1, 0.15) is 31.1 Å². The molecule has 1 unspecified atom stereocenters. The summed E-state index contributed by atoms with van der Waals surface area (Å²) in [6.45, 7) is 7.00. The van der Waals surface area contributed by atoms with Crippen LogP contribution in [0.5, 0.6) is 0 Å². The van der Waals surface area contributed by atoms with Gasteiger partial charge in [0.05, 0.1) is 11.8 Å². The normalized spacial score (nSPS) is 12.9. The topological polar surface area (TPSA) is 42.2 Å². The lowest BCUT2D eigenvalue weighted by atomic mass is 9.98. The summed E-state index contributed by atoms with van der Waals surface area (Å²) >= 11 is 5.69. The second-order valence-electron chi connectivity index (χ2n) is 4.04. The first-order valence-corrected chi connectivity index (χ1v) is 5.41. The Morgan fingerprint density at radius 1 is 1.53 bits per heavy atom. The van der Waals surface area contributed by atoms with Gasteiger partial charge in [0.25, 0.3) is 5.91 Å². The Labute approximate surface area is 94.8 Å². The first-order valence-electron chi connectivity index (χ1n) is 5.03. The average molecular weight is 230 g/mol. The Balaban J connectivity index is 2.47. The number of nitrogens with one attached hydrogen (secondary N) is 1. The maximum atomic E-state index is 11.6. The van der Waals surface area contributed by atoms with Crippen molar-refractivity contribution in [1.29, 1.82) is 0 Å². The molecule has 84 valence electrons. The molecule has 4 heteroatoms. The van der Waals surface area contributed by atoms with Crippen molar-refractivity contribution in [2.24, 2.45) is 11.8 Å². The third kappa shape index (κ3) is 3.27. The third-order valence-corrected chi connectivity index (χ3v) is 2.88. The monoisotopic (exact) mass is 229 g/mol. The predicted molar refractivity (Wildman–Crippen MR) is 60.1 cm³/mol. The molecule has 3 nitrogen and oxygen atoms in total. The first kappa shape index (κ1) is 12.1. The van der Waals surface area contributed by atoms with Crippen LogP contribution in [-0.4, -0.2) is 12.5 Å². The fraction of sp³-hybridized carbons (Fsp3) is 0.545. The third-order valence-electron chi connectivity index (χ3n) is 2.59. The van der Waals surface area contributed by atoms with Crippen LogP contribution in [0.25, 0.3) is 0 Å². The Bertz CT molecular complexity index is 333. The summed E-state index contributed by atoms with van der Waals surface area (Å²) in [5, 5.41) is 2.97. The van der Waals surface area contributed by atoms with Gasteiger partial charge in [-0.1, -0.05) is 20.8 Å². The molecule has 1 atom stereocenters. The van der Waals surface area contributed by atoms with E-state index in [2.05, 4.69) is 26.1 Å². The van der Waals surface area contributed by atoms with E-state index in [1.807, 2.05) is 0 Å². The van der Waals surface area contributed by atoms with Gasteiger partial charge < -0.3 is 9.73 Å². The number of amides is 1. The smallest absolute Gasteiger partial charge is 0.256 e. The van der Waals surface area contributed by atoms with Crippen LogP contribution in [0.15, 0.2) is 16.7 Å². The Morgan fingerprint density at radius 3 is 2.67 bits per heavy atom. The van der Waals surface area contributed by atoms with Gasteiger partial charge in [-0.3, -0.25) is 4.79 Å². The molecule has 0 saturated heterocycles. The molecule has 15 heavy (non-hydrogen) atoms. The Hall–Kier alpha value is -0.960. The van der Waals surface area contributed by atoms with Crippen molar-refractivity contribution < 1.29 is 9.21 Å². The number of rotatable bonds is 4. The molecule has 0 aromatic carbocycles. The number of carbonyl (C=O) groups is 1. The van der Waals surface area contributed by atoms with E-state index in [-0.39, 0.29) is 11.1 Å². The van der Waals surface area contributed by atoms with E-state index in [0.717, 1.165) is 0 Å². The van der Waals surface area contributed by atoms with E-state index < -0.39 is 0 Å². The summed E-state index contributed by atoms with van der Waals surface area (Å²) < 4.78 is 4.84. The highest BCUT2D eigenvalue weighted by molar-refractivity contribution is 6.32. The van der Waals surface area contributed by atoms with Gasteiger partial charge in [-0.25, -0.2) is 0 Å². The number of carbonyl (C=O) groups excluding carboxylic acids is 1. The fourth-order valence-corrected chi connectivity index (χ4v) is 1.24. The van der Waals surface area contributed by atoms with Crippen molar-refractivity contribution in [3.05, 3.63) is 23.1 Å². The highest BCUT2D eigenvalue weighted by Crippen LogP contribution is 2.16. The fourth-order valence-electron chi connectivity index (χ4n) is 1.04. The highest BCUT2D eigenvalue weighted by atomic mass is 35.5. The highest BCUT2D eigenvalue weighted by Gasteiger charge is 2.14.